The minimum Gasteiger partial charge on any atom is -0.860 e. The van der Waals surface area contributed by atoms with Crippen LogP contribution < -0.4 is 46.5 Å². The van der Waals surface area contributed by atoms with Gasteiger partial charge >= 0.3 is 12.4 Å². The summed E-state index contributed by atoms with van der Waals surface area (Å²) in [5, 5.41) is 44.4. The molecule has 0 aliphatic heterocycles. The van der Waals surface area contributed by atoms with Gasteiger partial charge in [-0.3, -0.25) is 0 Å². The van der Waals surface area contributed by atoms with E-state index < -0.39 is 51.1 Å². The van der Waals surface area contributed by atoms with E-state index in [9.17, 15) is 36.4 Å². The van der Waals surface area contributed by atoms with Crippen LogP contribution >= 0.6 is 14.5 Å². The van der Waals surface area contributed by atoms with Gasteiger partial charge in [-0.25, -0.2) is 0 Å². The Kier molecular flexibility index (Phi) is 18.0. The topological polar surface area (TPSA) is 55.3 Å². The molecule has 15 aromatic carbocycles. The largest absolute Gasteiger partial charge is 0.860 e. The zero-order valence-electron chi connectivity index (χ0n) is 50.6. The molecule has 12 heteroatoms. The number of hydrogen-bond acceptors (Lipinski definition) is 3. The summed E-state index contributed by atoms with van der Waals surface area (Å²) in [4.78, 5) is 0. The summed E-state index contributed by atoms with van der Waals surface area (Å²) < 4.78 is 77.5. The minimum atomic E-state index is -5.05. The highest BCUT2D eigenvalue weighted by molar-refractivity contribution is 7.95. The quantitative estimate of drug-likeness (QED) is 0.0530. The Morgan fingerprint density at radius 2 is 0.511 bits per heavy atom. The molecule has 0 N–H and O–H groups in total. The number of halogens is 6. The van der Waals surface area contributed by atoms with Crippen molar-refractivity contribution in [3.63, 3.8) is 0 Å². The molecule has 0 atom stereocenters. The standard InChI is InChI=1S/2C37H28P.C8H3BF6O3/c2*1-4-17-32(18-5-1)38(33-19-6-2-7-20-33,34-21-8-3-9-22-34)27-37-35-23-13-12-16-30(35)25-31-24-28-14-10-11-15-29(28)26-36(31)37;10-7(11,12)4-1-5(8(13,14)15)3-6(2-4)18-9(16)17/h2*1-26H,27H2;1-3H/q2*+1;-2. The first-order valence-electron chi connectivity index (χ1n) is 30.7. The molecule has 0 saturated carbocycles. The molecular weight excluding hydrogens is 1220 g/mol. The molecule has 0 amide bonds. The molecular formula is C82H59BF6O3P2. The summed E-state index contributed by atoms with van der Waals surface area (Å²) in [5.74, 6) is -1.08. The first-order valence-corrected chi connectivity index (χ1v) is 34.6. The molecule has 3 nitrogen and oxygen atoms in total. The number of rotatable bonds is 12. The second kappa shape index (κ2) is 27.0. The van der Waals surface area contributed by atoms with Gasteiger partial charge in [0.25, 0.3) is 0 Å². The summed E-state index contributed by atoms with van der Waals surface area (Å²) in [5.41, 5.74) is -0.441. The van der Waals surface area contributed by atoms with Gasteiger partial charge in [0.05, 0.1) is 29.2 Å². The fourth-order valence-corrected chi connectivity index (χ4v) is 21.8. The molecule has 15 aromatic rings. The highest BCUT2D eigenvalue weighted by Gasteiger charge is 2.48. The summed E-state index contributed by atoms with van der Waals surface area (Å²) in [6.07, 6.45) is -8.19. The predicted octanol–water partition coefficient (Wildman–Crippen LogP) is 18.1. The van der Waals surface area contributed by atoms with Crippen LogP contribution in [0.4, 0.5) is 26.3 Å². The van der Waals surface area contributed by atoms with E-state index in [2.05, 4.69) is 320 Å². The van der Waals surface area contributed by atoms with Crippen molar-refractivity contribution < 1.29 is 41.0 Å². The molecule has 0 heterocycles. The van der Waals surface area contributed by atoms with Crippen LogP contribution in [0.2, 0.25) is 0 Å². The number of hydrogen-bond donors (Lipinski definition) is 0. The Balaban J connectivity index is 0.000000137. The Hall–Kier alpha value is -9.92. The lowest BCUT2D eigenvalue weighted by Crippen LogP contribution is -2.50. The van der Waals surface area contributed by atoms with E-state index in [0.29, 0.717) is 0 Å². The lowest BCUT2D eigenvalue weighted by atomic mass is 9.95. The van der Waals surface area contributed by atoms with E-state index >= 15 is 0 Å². The highest BCUT2D eigenvalue weighted by atomic mass is 31.2. The van der Waals surface area contributed by atoms with Gasteiger partial charge in [0, 0.05) is 11.1 Å². The van der Waals surface area contributed by atoms with Crippen LogP contribution in [-0.2, 0) is 24.7 Å². The van der Waals surface area contributed by atoms with Crippen LogP contribution in [0.5, 0.6) is 5.75 Å². The van der Waals surface area contributed by atoms with E-state index in [1.54, 1.807) is 0 Å². The molecule has 0 aliphatic rings. The maximum atomic E-state index is 12.3. The summed E-state index contributed by atoms with van der Waals surface area (Å²) >= 11 is 0. The summed E-state index contributed by atoms with van der Waals surface area (Å²) in [6.45, 7) is 0. The third kappa shape index (κ3) is 13.0. The monoisotopic (exact) mass is 1280 g/mol. The van der Waals surface area contributed by atoms with E-state index in [0.717, 1.165) is 12.3 Å². The van der Waals surface area contributed by atoms with Gasteiger partial charge in [-0.1, -0.05) is 206 Å². The van der Waals surface area contributed by atoms with Crippen LogP contribution in [0, 0.1) is 0 Å². The van der Waals surface area contributed by atoms with E-state index in [4.69, 9.17) is 0 Å². The van der Waals surface area contributed by atoms with Crippen molar-refractivity contribution in [2.75, 3.05) is 0 Å². The Bertz CT molecular complexity index is 4600. The normalized spacial score (nSPS) is 11.9. The second-order valence-corrected chi connectivity index (χ2v) is 30.1. The minimum absolute atomic E-state index is 0.141. The first-order chi connectivity index (χ1) is 45.7. The molecule has 460 valence electrons. The molecule has 0 radical (unpaired) electrons. The third-order valence-electron chi connectivity index (χ3n) is 17.4. The van der Waals surface area contributed by atoms with Crippen molar-refractivity contribution in [3.05, 3.63) is 356 Å². The van der Waals surface area contributed by atoms with Crippen molar-refractivity contribution in [1.29, 1.82) is 0 Å². The molecule has 0 unspecified atom stereocenters. The average Bonchev–Trinajstić information content (AvgIpc) is 0.754. The van der Waals surface area contributed by atoms with Crippen molar-refractivity contribution in [1.82, 2.24) is 0 Å². The molecule has 0 fully saturated rings. The Morgan fingerprint density at radius 3 is 0.787 bits per heavy atom. The van der Waals surface area contributed by atoms with Crippen LogP contribution in [0.25, 0.3) is 64.6 Å². The zero-order chi connectivity index (χ0) is 64.9. The highest BCUT2D eigenvalue weighted by Crippen LogP contribution is 2.61. The number of benzene rings is 15. The second-order valence-electron chi connectivity index (χ2n) is 23.1. The molecule has 0 aliphatic carbocycles. The van der Waals surface area contributed by atoms with Crippen LogP contribution in [0.15, 0.2) is 334 Å². The van der Waals surface area contributed by atoms with Gasteiger partial charge in [-0.05, 0) is 192 Å². The van der Waals surface area contributed by atoms with Crippen LogP contribution in [0.1, 0.15) is 22.3 Å². The fourth-order valence-electron chi connectivity index (χ4n) is 13.2. The summed E-state index contributed by atoms with van der Waals surface area (Å²) in [6, 6.07) is 117. The van der Waals surface area contributed by atoms with E-state index in [1.165, 1.54) is 108 Å². The van der Waals surface area contributed by atoms with Gasteiger partial charge in [0.2, 0.25) is 0 Å². The van der Waals surface area contributed by atoms with E-state index in [1.807, 2.05) is 0 Å². The van der Waals surface area contributed by atoms with Crippen LogP contribution in [-0.4, -0.2) is 7.32 Å². The van der Waals surface area contributed by atoms with Crippen LogP contribution in [0.3, 0.4) is 0 Å². The smallest absolute Gasteiger partial charge is 0.416 e. The van der Waals surface area contributed by atoms with Gasteiger partial charge in [-0.15, -0.1) is 0 Å². The van der Waals surface area contributed by atoms with Crippen molar-refractivity contribution in [3.8, 4) is 5.75 Å². The van der Waals surface area contributed by atoms with Crippen molar-refractivity contribution >= 4 is 118 Å². The fraction of sp³-hybridized carbons (Fsp3) is 0.0488. The molecule has 0 spiro atoms. The van der Waals surface area contributed by atoms with Gasteiger partial charge in [-0.2, -0.15) is 26.3 Å². The SMILES string of the molecule is [O-]B([O-])Oc1cc(C(F)(F)F)cc(C(F)(F)F)c1.c1ccc([P+](Cc2c3ccccc3cc3cc4ccccc4cc23)(c2ccccc2)c2ccccc2)cc1.c1ccc([P+](Cc2c3ccccc3cc3cc4ccccc4cc23)(c2ccccc2)c2ccccc2)cc1. The Morgan fingerprint density at radius 1 is 0.266 bits per heavy atom. The van der Waals surface area contributed by atoms with Gasteiger partial charge < -0.3 is 14.7 Å². The number of fused-ring (bicyclic) bond motifs is 6. The van der Waals surface area contributed by atoms with E-state index in [-0.39, 0.29) is 18.2 Å². The van der Waals surface area contributed by atoms with Gasteiger partial charge in [0.15, 0.2) is 0 Å². The lowest BCUT2D eigenvalue weighted by Gasteiger charge is -2.29. The molecule has 0 aromatic heterocycles. The first kappa shape index (κ1) is 62.9. The Labute approximate surface area is 542 Å². The van der Waals surface area contributed by atoms with Crippen molar-refractivity contribution in [2.24, 2.45) is 0 Å². The lowest BCUT2D eigenvalue weighted by molar-refractivity contribution is -0.372. The summed E-state index contributed by atoms with van der Waals surface area (Å²) in [7, 11) is -7.11. The number of alkyl halides is 6. The van der Waals surface area contributed by atoms with Gasteiger partial charge in [0.1, 0.15) is 53.7 Å². The average molecular weight is 1280 g/mol. The molecule has 0 bridgehead atoms. The molecule has 0 saturated heterocycles. The molecule has 94 heavy (non-hydrogen) atoms. The maximum Gasteiger partial charge on any atom is 0.416 e. The third-order valence-corrected chi connectivity index (χ3v) is 26.1. The molecule has 15 rings (SSSR count). The predicted molar refractivity (Wildman–Crippen MR) is 378 cm³/mol. The zero-order valence-corrected chi connectivity index (χ0v) is 52.4. The maximum absolute atomic E-state index is 12.3. The van der Waals surface area contributed by atoms with Crippen molar-refractivity contribution in [2.45, 2.75) is 24.7 Å².